The molecule has 2 amide bonds. The van der Waals surface area contributed by atoms with E-state index in [2.05, 4.69) is 40.5 Å². The molecule has 2 aromatic carbocycles. The van der Waals surface area contributed by atoms with Crippen LogP contribution in [0.3, 0.4) is 0 Å². The van der Waals surface area contributed by atoms with E-state index in [1.807, 2.05) is 4.90 Å². The van der Waals surface area contributed by atoms with Gasteiger partial charge >= 0.3 is 6.03 Å². The summed E-state index contributed by atoms with van der Waals surface area (Å²) in [6.45, 7) is 3.72. The molecule has 0 bridgehead atoms. The van der Waals surface area contributed by atoms with Gasteiger partial charge in [-0.05, 0) is 61.7 Å². The van der Waals surface area contributed by atoms with Crippen LogP contribution in [0, 0.1) is 5.82 Å². The lowest BCUT2D eigenvalue weighted by atomic mass is 9.88. The molecule has 5 heteroatoms. The van der Waals surface area contributed by atoms with Crippen molar-refractivity contribution in [3.8, 4) is 0 Å². The van der Waals surface area contributed by atoms with E-state index in [-0.39, 0.29) is 11.8 Å². The zero-order valence-corrected chi connectivity index (χ0v) is 14.8. The molecule has 0 unspecified atom stereocenters. The Morgan fingerprint density at radius 1 is 0.962 bits per heavy atom. The van der Waals surface area contributed by atoms with Crippen molar-refractivity contribution in [3.05, 3.63) is 66.0 Å². The number of benzene rings is 2. The molecule has 136 valence electrons. The minimum absolute atomic E-state index is 0.105. The molecule has 2 aromatic rings. The quantitative estimate of drug-likeness (QED) is 0.908. The van der Waals surface area contributed by atoms with Crippen molar-refractivity contribution in [2.45, 2.75) is 24.8 Å². The van der Waals surface area contributed by atoms with E-state index < -0.39 is 0 Å². The second-order valence-electron chi connectivity index (χ2n) is 7.22. The second-order valence-corrected chi connectivity index (χ2v) is 7.22. The maximum atomic E-state index is 12.9. The molecule has 0 atom stereocenters. The predicted octanol–water partition coefficient (Wildman–Crippen LogP) is 3.92. The van der Waals surface area contributed by atoms with Gasteiger partial charge in [-0.3, -0.25) is 4.90 Å². The number of amides is 2. The highest BCUT2D eigenvalue weighted by Gasteiger charge is 2.36. The summed E-state index contributed by atoms with van der Waals surface area (Å²) in [6, 6.07) is 17.0. The minimum Gasteiger partial charge on any atom is -0.321 e. The maximum Gasteiger partial charge on any atom is 0.321 e. The van der Waals surface area contributed by atoms with Gasteiger partial charge in [-0.25, -0.2) is 9.18 Å². The highest BCUT2D eigenvalue weighted by molar-refractivity contribution is 5.89. The van der Waals surface area contributed by atoms with E-state index in [4.69, 9.17) is 0 Å². The maximum absolute atomic E-state index is 12.9. The lowest BCUT2D eigenvalue weighted by molar-refractivity contribution is 0.0454. The molecule has 1 N–H and O–H groups in total. The molecular weight excluding hydrogens is 329 g/mol. The Morgan fingerprint density at radius 2 is 1.62 bits per heavy atom. The van der Waals surface area contributed by atoms with Gasteiger partial charge in [0.05, 0.1) is 0 Å². The fraction of sp³-hybridized carbons (Fsp3) is 0.381. The number of piperidine rings is 1. The van der Waals surface area contributed by atoms with Crippen LogP contribution in [0.2, 0.25) is 0 Å². The van der Waals surface area contributed by atoms with E-state index >= 15 is 0 Å². The normalized spacial score (nSPS) is 19.2. The summed E-state index contributed by atoms with van der Waals surface area (Å²) < 4.78 is 12.9. The van der Waals surface area contributed by atoms with Crippen LogP contribution >= 0.6 is 0 Å². The fourth-order valence-corrected chi connectivity index (χ4v) is 3.91. The van der Waals surface area contributed by atoms with Gasteiger partial charge in [0.15, 0.2) is 0 Å². The first kappa shape index (κ1) is 17.0. The Balaban J connectivity index is 1.23. The summed E-state index contributed by atoms with van der Waals surface area (Å²) >= 11 is 0. The zero-order valence-electron chi connectivity index (χ0n) is 14.8. The molecule has 0 aliphatic carbocycles. The molecule has 2 aliphatic heterocycles. The van der Waals surface area contributed by atoms with Crippen molar-refractivity contribution in [2.24, 2.45) is 0 Å². The summed E-state index contributed by atoms with van der Waals surface area (Å²) in [7, 11) is 0. The van der Waals surface area contributed by atoms with Crippen molar-refractivity contribution in [1.82, 2.24) is 9.80 Å². The monoisotopic (exact) mass is 353 g/mol. The predicted molar refractivity (Wildman–Crippen MR) is 101 cm³/mol. The summed E-state index contributed by atoms with van der Waals surface area (Å²) in [4.78, 5) is 16.6. The lowest BCUT2D eigenvalue weighted by Crippen LogP contribution is -2.62. The topological polar surface area (TPSA) is 35.6 Å². The summed E-state index contributed by atoms with van der Waals surface area (Å²) in [6.07, 6.45) is 2.37. The standard InChI is InChI=1S/C21H24FN3O/c22-18-6-8-19(9-7-18)23-21(26)25-14-20(15-25)24-12-10-17(11-13-24)16-4-2-1-3-5-16/h1-9,17,20H,10-15H2,(H,23,26). The molecular formula is C21H24FN3O. The van der Waals surface area contributed by atoms with Crippen LogP contribution in [-0.4, -0.2) is 48.1 Å². The van der Waals surface area contributed by atoms with Crippen molar-refractivity contribution in [3.63, 3.8) is 0 Å². The first-order chi connectivity index (χ1) is 12.7. The number of likely N-dealkylation sites (tertiary alicyclic amines) is 2. The van der Waals surface area contributed by atoms with Gasteiger partial charge in [-0.15, -0.1) is 0 Å². The van der Waals surface area contributed by atoms with E-state index in [1.54, 1.807) is 12.1 Å². The Hall–Kier alpha value is -2.40. The molecule has 0 radical (unpaired) electrons. The van der Waals surface area contributed by atoms with E-state index in [9.17, 15) is 9.18 Å². The first-order valence-corrected chi connectivity index (χ1v) is 9.29. The third-order valence-electron chi connectivity index (χ3n) is 5.56. The van der Waals surface area contributed by atoms with Crippen LogP contribution in [0.1, 0.15) is 24.3 Å². The summed E-state index contributed by atoms with van der Waals surface area (Å²) in [5.41, 5.74) is 2.07. The average Bonchev–Trinajstić information content (AvgIpc) is 2.64. The largest absolute Gasteiger partial charge is 0.321 e. The smallest absolute Gasteiger partial charge is 0.321 e. The number of carbonyl (C=O) groups is 1. The molecule has 0 saturated carbocycles. The number of nitrogens with one attached hydrogen (secondary N) is 1. The number of halogens is 1. The van der Waals surface area contributed by atoms with Gasteiger partial charge in [0.2, 0.25) is 0 Å². The van der Waals surface area contributed by atoms with Crippen molar-refractivity contribution in [1.29, 1.82) is 0 Å². The fourth-order valence-electron chi connectivity index (χ4n) is 3.91. The van der Waals surface area contributed by atoms with Crippen LogP contribution < -0.4 is 5.32 Å². The van der Waals surface area contributed by atoms with Crippen LogP contribution in [0.5, 0.6) is 0 Å². The van der Waals surface area contributed by atoms with Gasteiger partial charge in [0.25, 0.3) is 0 Å². The molecule has 2 saturated heterocycles. The van der Waals surface area contributed by atoms with Gasteiger partial charge in [0, 0.05) is 24.8 Å². The average molecular weight is 353 g/mol. The molecule has 0 spiro atoms. The Labute approximate surface area is 153 Å². The zero-order chi connectivity index (χ0) is 17.9. The summed E-state index contributed by atoms with van der Waals surface area (Å²) in [5, 5.41) is 2.82. The number of carbonyl (C=O) groups excluding carboxylic acids is 1. The lowest BCUT2D eigenvalue weighted by Gasteiger charge is -2.47. The van der Waals surface area contributed by atoms with Gasteiger partial charge < -0.3 is 10.2 Å². The van der Waals surface area contributed by atoms with Crippen molar-refractivity contribution >= 4 is 11.7 Å². The van der Waals surface area contributed by atoms with Gasteiger partial charge in [0.1, 0.15) is 5.82 Å². The van der Waals surface area contributed by atoms with Crippen molar-refractivity contribution in [2.75, 3.05) is 31.5 Å². The van der Waals surface area contributed by atoms with Crippen molar-refractivity contribution < 1.29 is 9.18 Å². The van der Waals surface area contributed by atoms with Gasteiger partial charge in [-0.1, -0.05) is 30.3 Å². The number of hydrogen-bond donors (Lipinski definition) is 1. The molecule has 2 aliphatic rings. The Morgan fingerprint density at radius 3 is 2.27 bits per heavy atom. The third-order valence-corrected chi connectivity index (χ3v) is 5.56. The summed E-state index contributed by atoms with van der Waals surface area (Å²) in [5.74, 6) is 0.358. The molecule has 2 fully saturated rings. The molecule has 2 heterocycles. The molecule has 4 nitrogen and oxygen atoms in total. The van der Waals surface area contributed by atoms with Crippen LogP contribution in [-0.2, 0) is 0 Å². The van der Waals surface area contributed by atoms with Gasteiger partial charge in [-0.2, -0.15) is 0 Å². The SMILES string of the molecule is O=C(Nc1ccc(F)cc1)N1CC(N2CCC(c3ccccc3)CC2)C1. The van der Waals surface area contributed by atoms with Crippen LogP contribution in [0.15, 0.2) is 54.6 Å². The third kappa shape index (κ3) is 3.73. The van der Waals surface area contributed by atoms with Crippen LogP contribution in [0.4, 0.5) is 14.9 Å². The molecule has 4 rings (SSSR count). The first-order valence-electron chi connectivity index (χ1n) is 9.29. The second kappa shape index (κ2) is 7.46. The molecule has 0 aromatic heterocycles. The molecule has 26 heavy (non-hydrogen) atoms. The number of hydrogen-bond acceptors (Lipinski definition) is 2. The van der Waals surface area contributed by atoms with E-state index in [1.165, 1.54) is 30.5 Å². The highest BCUT2D eigenvalue weighted by Crippen LogP contribution is 2.30. The highest BCUT2D eigenvalue weighted by atomic mass is 19.1. The number of urea groups is 1. The van der Waals surface area contributed by atoms with E-state index in [0.29, 0.717) is 17.6 Å². The minimum atomic E-state index is -0.300. The Bertz CT molecular complexity index is 736. The Kier molecular flexibility index (Phi) is 4.89. The van der Waals surface area contributed by atoms with E-state index in [0.717, 1.165) is 26.2 Å². The number of rotatable bonds is 3. The number of anilines is 1. The number of nitrogens with zero attached hydrogens (tertiary/aromatic N) is 2. The van der Waals surface area contributed by atoms with Crippen LogP contribution in [0.25, 0.3) is 0 Å².